The largest absolute Gasteiger partial charge is 0.467 e. The number of hydrogen-bond acceptors (Lipinski definition) is 4. The van der Waals surface area contributed by atoms with Crippen molar-refractivity contribution in [1.82, 2.24) is 9.47 Å². The number of carbonyl (C=O) groups excluding carboxylic acids is 1. The number of amides is 1. The molecule has 1 aliphatic rings. The summed E-state index contributed by atoms with van der Waals surface area (Å²) in [4.78, 5) is 20.6. The zero-order valence-corrected chi connectivity index (χ0v) is 21.1. The summed E-state index contributed by atoms with van der Waals surface area (Å²) in [5, 5.41) is 0.646. The van der Waals surface area contributed by atoms with Gasteiger partial charge in [-0.05, 0) is 98.6 Å². The Morgan fingerprint density at radius 1 is 0.971 bits per heavy atom. The normalized spacial score (nSPS) is 16.1. The summed E-state index contributed by atoms with van der Waals surface area (Å²) < 4.78 is 7.79. The number of thioether (sulfide) groups is 1. The SMILES string of the molecule is Cc1cccc(-n2c(C)cc(/C=C3\SC(=Nc4ccccc4)N(Cc4ccco4)C3=O)c2C)c1C. The minimum atomic E-state index is -0.0716. The predicted molar refractivity (Wildman–Crippen MR) is 143 cm³/mol. The lowest BCUT2D eigenvalue weighted by Gasteiger charge is -2.14. The molecule has 1 fully saturated rings. The van der Waals surface area contributed by atoms with Gasteiger partial charge in [-0.25, -0.2) is 4.99 Å². The van der Waals surface area contributed by atoms with Crippen molar-refractivity contribution in [2.45, 2.75) is 34.2 Å². The van der Waals surface area contributed by atoms with E-state index in [0.717, 1.165) is 22.6 Å². The number of rotatable bonds is 5. The number of benzene rings is 2. The fourth-order valence-corrected chi connectivity index (χ4v) is 5.31. The van der Waals surface area contributed by atoms with Gasteiger partial charge in [-0.3, -0.25) is 9.69 Å². The number of aliphatic imine (C=N–C) groups is 1. The van der Waals surface area contributed by atoms with Crippen LogP contribution in [0.2, 0.25) is 0 Å². The van der Waals surface area contributed by atoms with E-state index in [4.69, 9.17) is 9.41 Å². The molecule has 5 rings (SSSR count). The van der Waals surface area contributed by atoms with E-state index in [1.165, 1.54) is 28.6 Å². The van der Waals surface area contributed by atoms with Gasteiger partial charge in [0.25, 0.3) is 5.91 Å². The van der Waals surface area contributed by atoms with Crippen LogP contribution in [0.15, 0.2) is 87.3 Å². The maximum Gasteiger partial charge on any atom is 0.267 e. The molecule has 2 aromatic carbocycles. The molecule has 0 spiro atoms. The van der Waals surface area contributed by atoms with Crippen LogP contribution in [0.3, 0.4) is 0 Å². The van der Waals surface area contributed by atoms with Gasteiger partial charge >= 0.3 is 0 Å². The van der Waals surface area contributed by atoms with Gasteiger partial charge in [0.1, 0.15) is 5.76 Å². The molecule has 0 radical (unpaired) electrons. The van der Waals surface area contributed by atoms with Gasteiger partial charge in [-0.1, -0.05) is 30.3 Å². The number of hydrogen-bond donors (Lipinski definition) is 0. The highest BCUT2D eigenvalue weighted by atomic mass is 32.2. The van der Waals surface area contributed by atoms with Crippen molar-refractivity contribution >= 4 is 34.6 Å². The Hall–Kier alpha value is -3.77. The summed E-state index contributed by atoms with van der Waals surface area (Å²) in [7, 11) is 0. The molecule has 0 N–H and O–H groups in total. The van der Waals surface area contributed by atoms with Gasteiger partial charge in [0.15, 0.2) is 5.17 Å². The number of para-hydroxylation sites is 1. The van der Waals surface area contributed by atoms with Crippen molar-refractivity contribution < 1.29 is 9.21 Å². The lowest BCUT2D eigenvalue weighted by Crippen LogP contribution is -2.28. The molecule has 1 saturated heterocycles. The Morgan fingerprint density at radius 2 is 1.77 bits per heavy atom. The third-order valence-electron chi connectivity index (χ3n) is 6.34. The van der Waals surface area contributed by atoms with Gasteiger partial charge in [-0.2, -0.15) is 0 Å². The number of aromatic nitrogens is 1. The third kappa shape index (κ3) is 4.49. The highest BCUT2D eigenvalue weighted by Gasteiger charge is 2.34. The van der Waals surface area contributed by atoms with Crippen molar-refractivity contribution in [3.05, 3.63) is 112 Å². The van der Waals surface area contributed by atoms with Crippen molar-refractivity contribution in [2.75, 3.05) is 0 Å². The topological polar surface area (TPSA) is 50.7 Å². The van der Waals surface area contributed by atoms with Crippen molar-refractivity contribution in [3.63, 3.8) is 0 Å². The number of furan rings is 1. The summed E-state index contributed by atoms with van der Waals surface area (Å²) in [5.74, 6) is 0.645. The minimum Gasteiger partial charge on any atom is -0.467 e. The van der Waals surface area contributed by atoms with E-state index in [9.17, 15) is 4.79 Å². The summed E-state index contributed by atoms with van der Waals surface area (Å²) in [6, 6.07) is 21.9. The first kappa shape index (κ1) is 23.0. The van der Waals surface area contributed by atoms with E-state index in [1.807, 2.05) is 48.5 Å². The molecule has 6 heteroatoms. The molecule has 1 amide bonds. The Morgan fingerprint density at radius 3 is 2.51 bits per heavy atom. The molecule has 2 aromatic heterocycles. The average Bonchev–Trinajstić information content (AvgIpc) is 3.53. The highest BCUT2D eigenvalue weighted by molar-refractivity contribution is 8.18. The zero-order chi connectivity index (χ0) is 24.5. The minimum absolute atomic E-state index is 0.0716. The van der Waals surface area contributed by atoms with E-state index in [-0.39, 0.29) is 5.91 Å². The summed E-state index contributed by atoms with van der Waals surface area (Å²) in [6.45, 7) is 8.82. The molecular formula is C29H27N3O2S. The summed E-state index contributed by atoms with van der Waals surface area (Å²) >= 11 is 1.40. The molecule has 0 unspecified atom stereocenters. The van der Waals surface area contributed by atoms with E-state index < -0.39 is 0 Å². The van der Waals surface area contributed by atoms with Gasteiger partial charge < -0.3 is 8.98 Å². The molecule has 35 heavy (non-hydrogen) atoms. The second kappa shape index (κ2) is 9.47. The molecular weight excluding hydrogens is 454 g/mol. The number of amidine groups is 1. The van der Waals surface area contributed by atoms with E-state index >= 15 is 0 Å². The third-order valence-corrected chi connectivity index (χ3v) is 7.34. The zero-order valence-electron chi connectivity index (χ0n) is 20.3. The number of carbonyl (C=O) groups is 1. The molecule has 176 valence electrons. The predicted octanol–water partition coefficient (Wildman–Crippen LogP) is 7.11. The lowest BCUT2D eigenvalue weighted by atomic mass is 10.1. The van der Waals surface area contributed by atoms with Gasteiger partial charge in [-0.15, -0.1) is 0 Å². The van der Waals surface area contributed by atoms with E-state index in [0.29, 0.717) is 22.4 Å². The van der Waals surface area contributed by atoms with Crippen molar-refractivity contribution in [2.24, 2.45) is 4.99 Å². The fourth-order valence-electron chi connectivity index (χ4n) is 4.33. The smallest absolute Gasteiger partial charge is 0.267 e. The highest BCUT2D eigenvalue weighted by Crippen LogP contribution is 2.36. The van der Waals surface area contributed by atoms with Crippen LogP contribution in [0.5, 0.6) is 0 Å². The second-order valence-corrected chi connectivity index (χ2v) is 9.70. The van der Waals surface area contributed by atoms with Gasteiger partial charge in [0.05, 0.1) is 23.4 Å². The van der Waals surface area contributed by atoms with Crippen LogP contribution < -0.4 is 0 Å². The first-order chi connectivity index (χ1) is 16.9. The van der Waals surface area contributed by atoms with Crippen LogP contribution in [-0.4, -0.2) is 20.5 Å². The van der Waals surface area contributed by atoms with Gasteiger partial charge in [0, 0.05) is 17.1 Å². The van der Waals surface area contributed by atoms with Gasteiger partial charge in [0.2, 0.25) is 0 Å². The quantitative estimate of drug-likeness (QED) is 0.286. The summed E-state index contributed by atoms with van der Waals surface area (Å²) in [5.41, 5.74) is 7.74. The standard InChI is InChI=1S/C29H27N3O2S/c1-19-10-8-14-26(21(19)3)32-20(2)16-23(22(32)4)17-27-28(33)31(18-25-13-9-15-34-25)29(35-27)30-24-11-6-5-7-12-24/h5-17H,18H2,1-4H3/b27-17-,30-29?. The molecule has 3 heterocycles. The van der Waals surface area contributed by atoms with Crippen LogP contribution >= 0.6 is 11.8 Å². The second-order valence-electron chi connectivity index (χ2n) is 8.69. The molecule has 0 saturated carbocycles. The fraction of sp³-hybridized carbons (Fsp3) is 0.172. The Balaban J connectivity index is 1.54. The number of nitrogens with zero attached hydrogens (tertiary/aromatic N) is 3. The van der Waals surface area contributed by atoms with E-state index in [1.54, 1.807) is 11.2 Å². The molecule has 0 aliphatic carbocycles. The maximum absolute atomic E-state index is 13.5. The lowest BCUT2D eigenvalue weighted by molar-refractivity contribution is -0.122. The first-order valence-corrected chi connectivity index (χ1v) is 12.4. The molecule has 5 nitrogen and oxygen atoms in total. The van der Waals surface area contributed by atoms with Crippen LogP contribution in [0.1, 0.15) is 33.8 Å². The van der Waals surface area contributed by atoms with Crippen LogP contribution in [0.4, 0.5) is 5.69 Å². The van der Waals surface area contributed by atoms with E-state index in [2.05, 4.69) is 56.5 Å². The molecule has 4 aromatic rings. The molecule has 0 bridgehead atoms. The average molecular weight is 482 g/mol. The van der Waals surface area contributed by atoms with Crippen molar-refractivity contribution in [3.8, 4) is 5.69 Å². The Kier molecular flexibility index (Phi) is 6.22. The van der Waals surface area contributed by atoms with Crippen LogP contribution in [0, 0.1) is 27.7 Å². The molecule has 1 aliphatic heterocycles. The van der Waals surface area contributed by atoms with Crippen LogP contribution in [-0.2, 0) is 11.3 Å². The van der Waals surface area contributed by atoms with Crippen LogP contribution in [0.25, 0.3) is 11.8 Å². The number of aryl methyl sites for hydroxylation is 2. The Bertz CT molecular complexity index is 1450. The maximum atomic E-state index is 13.5. The first-order valence-electron chi connectivity index (χ1n) is 11.6. The monoisotopic (exact) mass is 481 g/mol. The summed E-state index contributed by atoms with van der Waals surface area (Å²) in [6.07, 6.45) is 3.61. The van der Waals surface area contributed by atoms with Crippen molar-refractivity contribution in [1.29, 1.82) is 0 Å². The Labute approximate surface area is 209 Å². The molecule has 0 atom stereocenters.